The van der Waals surface area contributed by atoms with Gasteiger partial charge in [0.1, 0.15) is 0 Å². The van der Waals surface area contributed by atoms with E-state index in [1.807, 2.05) is 6.92 Å². The van der Waals surface area contributed by atoms with E-state index in [1.165, 1.54) is 6.20 Å². The van der Waals surface area contributed by atoms with Crippen LogP contribution in [0.2, 0.25) is 0 Å². The minimum atomic E-state index is -2.65. The predicted octanol–water partition coefficient (Wildman–Crippen LogP) is 1.12. The summed E-state index contributed by atoms with van der Waals surface area (Å²) in [6.45, 7) is 3.89. The van der Waals surface area contributed by atoms with E-state index in [0.29, 0.717) is 4.31 Å². The van der Waals surface area contributed by atoms with Crippen LogP contribution in [0.3, 0.4) is 0 Å². The van der Waals surface area contributed by atoms with Gasteiger partial charge in [-0.3, -0.25) is 13.8 Å². The number of allylic oxidation sites excluding steroid dienone is 1. The van der Waals surface area contributed by atoms with Crippen molar-refractivity contribution in [3.8, 4) is 0 Å². The van der Waals surface area contributed by atoms with E-state index < -0.39 is 29.1 Å². The quantitative estimate of drug-likeness (QED) is 0.539. The molecule has 1 rings (SSSR count). The monoisotopic (exact) mass is 328 g/mol. The van der Waals surface area contributed by atoms with Crippen LogP contribution in [0.25, 0.3) is 0 Å². The molecule has 1 amide bonds. The van der Waals surface area contributed by atoms with Crippen molar-refractivity contribution >= 4 is 23.1 Å². The summed E-state index contributed by atoms with van der Waals surface area (Å²) >= 11 is -2.65. The van der Waals surface area contributed by atoms with Gasteiger partial charge >= 0.3 is 5.97 Å². The molecule has 0 aliphatic carbocycles. The number of rotatable bonds is 6. The number of carbonyl (C=O) groups is 2. The first-order valence-corrected chi connectivity index (χ1v) is 7.30. The average Bonchev–Trinajstić information content (AvgIpc) is 2.34. The van der Waals surface area contributed by atoms with Crippen molar-refractivity contribution in [2.24, 2.45) is 11.8 Å². The molecule has 0 aromatic rings. The topological polar surface area (TPSA) is 86.7 Å². The third-order valence-electron chi connectivity index (χ3n) is 2.99. The molecule has 1 unspecified atom stereocenters. The Morgan fingerprint density at radius 2 is 2.15 bits per heavy atom. The van der Waals surface area contributed by atoms with E-state index in [4.69, 9.17) is 4.74 Å². The van der Waals surface area contributed by atoms with E-state index in [2.05, 4.69) is 0 Å². The first kappa shape index (κ1) is 20.0. The first-order chi connectivity index (χ1) is 9.01. The average molecular weight is 328 g/mol. The summed E-state index contributed by atoms with van der Waals surface area (Å²) < 4.78 is 27.3. The van der Waals surface area contributed by atoms with Gasteiger partial charge in [-0.1, -0.05) is 19.4 Å². The fraction of sp³-hybridized carbons (Fsp3) is 0.667. The van der Waals surface area contributed by atoms with Crippen molar-refractivity contribution in [2.45, 2.75) is 33.1 Å². The Balaban J connectivity index is 0.00000361. The molecule has 0 aromatic heterocycles. The van der Waals surface area contributed by atoms with E-state index in [0.717, 1.165) is 12.8 Å². The normalized spacial score (nSPS) is 23.1. The molecule has 20 heavy (non-hydrogen) atoms. The molecule has 116 valence electrons. The summed E-state index contributed by atoms with van der Waals surface area (Å²) in [6.07, 6.45) is 4.42. The van der Waals surface area contributed by atoms with Gasteiger partial charge < -0.3 is 9.29 Å². The summed E-state index contributed by atoms with van der Waals surface area (Å²) in [6, 6.07) is 0. The van der Waals surface area contributed by atoms with Crippen molar-refractivity contribution in [3.05, 3.63) is 12.3 Å². The zero-order chi connectivity index (χ0) is 14.4. The van der Waals surface area contributed by atoms with Gasteiger partial charge in [-0.2, -0.15) is 0 Å². The fourth-order valence-electron chi connectivity index (χ4n) is 2.13. The number of esters is 1. The summed E-state index contributed by atoms with van der Waals surface area (Å²) in [5.41, 5.74) is 0. The van der Waals surface area contributed by atoms with Gasteiger partial charge in [-0.15, -0.1) is 0 Å². The number of hydrogen-bond acceptors (Lipinski definition) is 5. The van der Waals surface area contributed by atoms with E-state index in [9.17, 15) is 18.4 Å². The maximum Gasteiger partial charge on any atom is 0.306 e. The van der Waals surface area contributed by atoms with Crippen LogP contribution in [0.4, 0.5) is 0 Å². The van der Waals surface area contributed by atoms with Crippen molar-refractivity contribution in [2.75, 3.05) is 6.61 Å². The SMILES string of the molecule is CCC[C@H]1C=CN(S(=O)[O-])C(=O)[C@H]1CC(=O)OCC.[Ar]. The van der Waals surface area contributed by atoms with Crippen LogP contribution in [0.5, 0.6) is 0 Å². The predicted molar refractivity (Wildman–Crippen MR) is 68.0 cm³/mol. The van der Waals surface area contributed by atoms with Gasteiger partial charge in [0.05, 0.1) is 30.2 Å². The number of nitrogens with zero attached hydrogens (tertiary/aromatic N) is 1. The number of amides is 1. The van der Waals surface area contributed by atoms with Gasteiger partial charge in [0, 0.05) is 43.9 Å². The molecule has 8 heteroatoms. The maximum absolute atomic E-state index is 12.1. The Bertz CT molecular complexity index is 401. The van der Waals surface area contributed by atoms with Gasteiger partial charge in [-0.25, -0.2) is 4.31 Å². The molecule has 0 radical (unpaired) electrons. The Morgan fingerprint density at radius 3 is 2.65 bits per heavy atom. The molecule has 0 N–H and O–H groups in total. The minimum Gasteiger partial charge on any atom is -0.755 e. The second-order valence-electron chi connectivity index (χ2n) is 4.29. The van der Waals surface area contributed by atoms with Gasteiger partial charge in [0.25, 0.3) is 0 Å². The summed E-state index contributed by atoms with van der Waals surface area (Å²) in [7, 11) is 0. The van der Waals surface area contributed by atoms with Crippen LogP contribution in [-0.2, 0) is 25.6 Å². The van der Waals surface area contributed by atoms with Crippen LogP contribution in [0, 0.1) is 49.6 Å². The maximum atomic E-state index is 12.1. The molecule has 0 saturated carbocycles. The molecule has 0 spiro atoms. The van der Waals surface area contributed by atoms with Crippen LogP contribution in [-0.4, -0.2) is 31.6 Å². The van der Waals surface area contributed by atoms with E-state index >= 15 is 0 Å². The molecule has 1 heterocycles. The van der Waals surface area contributed by atoms with Crippen LogP contribution >= 0.6 is 0 Å². The first-order valence-electron chi connectivity index (χ1n) is 6.27. The van der Waals surface area contributed by atoms with Gasteiger partial charge in [0.15, 0.2) is 0 Å². The molecule has 1 aliphatic heterocycles. The van der Waals surface area contributed by atoms with Crippen molar-refractivity contribution in [3.63, 3.8) is 0 Å². The fourth-order valence-corrected chi connectivity index (χ4v) is 2.59. The molecular formula is C12H18ArNO5S-. The molecule has 0 bridgehead atoms. The summed E-state index contributed by atoms with van der Waals surface area (Å²) in [4.78, 5) is 23.6. The van der Waals surface area contributed by atoms with Crippen LogP contribution in [0.15, 0.2) is 12.3 Å². The minimum absolute atomic E-state index is 0. The standard InChI is InChI=1S/C12H19NO5S.Ar/c1-3-5-9-6-7-13(19(16)17)12(15)10(9)8-11(14)18-4-2;/h6-7,9-10H,3-5,8H2,1-2H3,(H,16,17);/p-1/t9-,10-;/m0./s1. The smallest absolute Gasteiger partial charge is 0.306 e. The van der Waals surface area contributed by atoms with Crippen molar-refractivity contribution in [1.29, 1.82) is 0 Å². The molecule has 0 saturated heterocycles. The zero-order valence-corrected chi connectivity index (χ0v) is 12.9. The molecule has 0 aromatic carbocycles. The Morgan fingerprint density at radius 1 is 1.50 bits per heavy atom. The van der Waals surface area contributed by atoms with Gasteiger partial charge in [0.2, 0.25) is 5.91 Å². The van der Waals surface area contributed by atoms with E-state index in [-0.39, 0.29) is 56.7 Å². The Kier molecular flexibility index (Phi) is 9.92. The summed E-state index contributed by atoms with van der Waals surface area (Å²) in [5.74, 6) is -1.83. The van der Waals surface area contributed by atoms with E-state index in [1.54, 1.807) is 13.0 Å². The van der Waals surface area contributed by atoms with Crippen molar-refractivity contribution < 1.29 is 60.8 Å². The zero-order valence-electron chi connectivity index (χ0n) is 11.4. The summed E-state index contributed by atoms with van der Waals surface area (Å²) in [5, 5.41) is 0. The van der Waals surface area contributed by atoms with Crippen LogP contribution in [0.1, 0.15) is 33.1 Å². The molecular weight excluding hydrogens is 310 g/mol. The third kappa shape index (κ3) is 5.44. The molecule has 3 atom stereocenters. The third-order valence-corrected chi connectivity index (χ3v) is 3.62. The van der Waals surface area contributed by atoms with Crippen LogP contribution < -0.4 is 0 Å². The molecule has 6 nitrogen and oxygen atoms in total. The molecule has 0 fully saturated rings. The second-order valence-corrected chi connectivity index (χ2v) is 5.12. The number of carbonyl (C=O) groups excluding carboxylic acids is 2. The largest absolute Gasteiger partial charge is 0.755 e. The second kappa shape index (κ2) is 9.89. The van der Waals surface area contributed by atoms with Gasteiger partial charge in [-0.05, 0) is 19.3 Å². The Hall–Kier alpha value is 0.0497. The number of hydrogen-bond donors (Lipinski definition) is 0. The Labute approximate surface area is 151 Å². The number of ether oxygens (including phenoxy) is 1. The van der Waals surface area contributed by atoms with Crippen molar-refractivity contribution in [1.82, 2.24) is 4.31 Å². The molecule has 1 aliphatic rings.